The van der Waals surface area contributed by atoms with Crippen molar-refractivity contribution < 1.29 is 0 Å². The first-order valence-electron chi connectivity index (χ1n) is 4.99. The van der Waals surface area contributed by atoms with Crippen LogP contribution in [0.1, 0.15) is 6.42 Å². The van der Waals surface area contributed by atoms with Crippen LogP contribution >= 0.6 is 0 Å². The summed E-state index contributed by atoms with van der Waals surface area (Å²) >= 11 is 0. The number of nitrogens with zero attached hydrogens (tertiary/aromatic N) is 5. The van der Waals surface area contributed by atoms with Gasteiger partial charge in [-0.2, -0.15) is 0 Å². The van der Waals surface area contributed by atoms with Crippen LogP contribution in [0.15, 0.2) is 18.7 Å². The van der Waals surface area contributed by atoms with E-state index in [1.165, 1.54) is 0 Å². The van der Waals surface area contributed by atoms with Gasteiger partial charge in [0.05, 0.1) is 0 Å². The van der Waals surface area contributed by atoms with Crippen molar-refractivity contribution in [1.82, 2.24) is 19.6 Å². The lowest BCUT2D eigenvalue weighted by Crippen LogP contribution is -2.27. The molecule has 2 N–H and O–H groups in total. The highest BCUT2D eigenvalue weighted by Crippen LogP contribution is 2.20. The van der Waals surface area contributed by atoms with Crippen LogP contribution in [0.2, 0.25) is 0 Å². The molecular formula is C9H12N6. The van der Waals surface area contributed by atoms with E-state index in [4.69, 9.17) is 5.73 Å². The van der Waals surface area contributed by atoms with Crippen molar-refractivity contribution in [2.45, 2.75) is 12.5 Å². The van der Waals surface area contributed by atoms with Crippen LogP contribution < -0.4 is 10.6 Å². The molecule has 0 radical (unpaired) electrons. The Hall–Kier alpha value is -1.69. The molecule has 6 heteroatoms. The standard InChI is InChI=1S/C9H12N6/c10-7-1-3-14(5-7)8-9-13-12-6-15(9)4-2-11-8/h2,4,6-7H,1,3,5,10H2/t7-/m0/s1. The summed E-state index contributed by atoms with van der Waals surface area (Å²) in [5, 5.41) is 7.92. The summed E-state index contributed by atoms with van der Waals surface area (Å²) in [5.74, 6) is 0.878. The van der Waals surface area contributed by atoms with Crippen LogP contribution in [-0.4, -0.2) is 38.7 Å². The molecule has 0 spiro atoms. The Morgan fingerprint density at radius 3 is 3.20 bits per heavy atom. The summed E-state index contributed by atoms with van der Waals surface area (Å²) in [6, 6.07) is 0.245. The largest absolute Gasteiger partial charge is 0.352 e. The molecule has 0 amide bonds. The van der Waals surface area contributed by atoms with Crippen molar-refractivity contribution in [3.63, 3.8) is 0 Å². The molecule has 2 aromatic heterocycles. The predicted molar refractivity (Wildman–Crippen MR) is 55.6 cm³/mol. The average Bonchev–Trinajstić information content (AvgIpc) is 2.84. The zero-order chi connectivity index (χ0) is 10.3. The van der Waals surface area contributed by atoms with Crippen LogP contribution in [0.25, 0.3) is 5.65 Å². The topological polar surface area (TPSA) is 72.3 Å². The Kier molecular flexibility index (Phi) is 1.81. The van der Waals surface area contributed by atoms with Gasteiger partial charge in [0.2, 0.25) is 5.65 Å². The van der Waals surface area contributed by atoms with Crippen molar-refractivity contribution in [2.24, 2.45) is 5.73 Å². The SMILES string of the molecule is N[C@H]1CCN(c2nccn3cnnc23)C1. The Bertz CT molecular complexity index is 478. The number of aromatic nitrogens is 4. The van der Waals surface area contributed by atoms with Crippen molar-refractivity contribution in [3.05, 3.63) is 18.7 Å². The van der Waals surface area contributed by atoms with Crippen molar-refractivity contribution in [3.8, 4) is 0 Å². The molecule has 1 aliphatic heterocycles. The average molecular weight is 204 g/mol. The number of hydrogen-bond donors (Lipinski definition) is 1. The smallest absolute Gasteiger partial charge is 0.203 e. The van der Waals surface area contributed by atoms with E-state index < -0.39 is 0 Å². The molecule has 0 bridgehead atoms. The number of fused-ring (bicyclic) bond motifs is 1. The summed E-state index contributed by atoms with van der Waals surface area (Å²) in [5.41, 5.74) is 6.67. The molecule has 0 aliphatic carbocycles. The molecule has 15 heavy (non-hydrogen) atoms. The second-order valence-electron chi connectivity index (χ2n) is 3.81. The molecule has 1 aliphatic rings. The van der Waals surface area contributed by atoms with Gasteiger partial charge in [0.15, 0.2) is 5.82 Å². The Labute approximate surface area is 86.7 Å². The fourth-order valence-corrected chi connectivity index (χ4v) is 1.95. The van der Waals surface area contributed by atoms with Gasteiger partial charge in [0, 0.05) is 31.5 Å². The highest BCUT2D eigenvalue weighted by Gasteiger charge is 2.22. The third-order valence-corrected chi connectivity index (χ3v) is 2.72. The van der Waals surface area contributed by atoms with Crippen molar-refractivity contribution in [1.29, 1.82) is 0 Å². The quantitative estimate of drug-likeness (QED) is 0.688. The van der Waals surface area contributed by atoms with Crippen LogP contribution in [0.4, 0.5) is 5.82 Å². The molecule has 78 valence electrons. The van der Waals surface area contributed by atoms with E-state index in [2.05, 4.69) is 20.1 Å². The Morgan fingerprint density at radius 2 is 2.40 bits per heavy atom. The first kappa shape index (κ1) is 8.60. The first-order valence-corrected chi connectivity index (χ1v) is 4.99. The Balaban J connectivity index is 2.06. The lowest BCUT2D eigenvalue weighted by Gasteiger charge is -2.16. The highest BCUT2D eigenvalue weighted by atomic mass is 15.3. The molecule has 1 saturated heterocycles. The van der Waals surface area contributed by atoms with Gasteiger partial charge in [-0.3, -0.25) is 4.40 Å². The van der Waals surface area contributed by atoms with Gasteiger partial charge >= 0.3 is 0 Å². The lowest BCUT2D eigenvalue weighted by molar-refractivity contribution is 0.751. The van der Waals surface area contributed by atoms with Crippen molar-refractivity contribution >= 4 is 11.5 Å². The van der Waals surface area contributed by atoms with E-state index >= 15 is 0 Å². The fourth-order valence-electron chi connectivity index (χ4n) is 1.95. The second-order valence-corrected chi connectivity index (χ2v) is 3.81. The molecule has 0 unspecified atom stereocenters. The summed E-state index contributed by atoms with van der Waals surface area (Å²) in [6.07, 6.45) is 6.29. The van der Waals surface area contributed by atoms with E-state index in [1.54, 1.807) is 12.5 Å². The minimum Gasteiger partial charge on any atom is -0.352 e. The molecule has 2 aromatic rings. The van der Waals surface area contributed by atoms with Gasteiger partial charge in [-0.15, -0.1) is 10.2 Å². The second kappa shape index (κ2) is 3.16. The van der Waals surface area contributed by atoms with Crippen LogP contribution in [0, 0.1) is 0 Å². The maximum atomic E-state index is 5.87. The van der Waals surface area contributed by atoms with Crippen LogP contribution in [0.5, 0.6) is 0 Å². The monoisotopic (exact) mass is 204 g/mol. The van der Waals surface area contributed by atoms with E-state index in [0.717, 1.165) is 31.0 Å². The van der Waals surface area contributed by atoms with Gasteiger partial charge in [-0.1, -0.05) is 0 Å². The van der Waals surface area contributed by atoms with E-state index in [1.807, 2.05) is 10.6 Å². The van der Waals surface area contributed by atoms with E-state index in [0.29, 0.717) is 0 Å². The van der Waals surface area contributed by atoms with Crippen LogP contribution in [-0.2, 0) is 0 Å². The molecule has 6 nitrogen and oxygen atoms in total. The first-order chi connectivity index (χ1) is 7.34. The van der Waals surface area contributed by atoms with Gasteiger partial charge in [0.1, 0.15) is 6.33 Å². The summed E-state index contributed by atoms with van der Waals surface area (Å²) in [4.78, 5) is 6.50. The highest BCUT2D eigenvalue weighted by molar-refractivity contribution is 5.63. The maximum absolute atomic E-state index is 5.87. The summed E-state index contributed by atoms with van der Waals surface area (Å²) in [7, 11) is 0. The number of anilines is 1. The molecular weight excluding hydrogens is 192 g/mol. The fraction of sp³-hybridized carbons (Fsp3) is 0.444. The molecule has 1 atom stereocenters. The van der Waals surface area contributed by atoms with Gasteiger partial charge in [-0.05, 0) is 6.42 Å². The van der Waals surface area contributed by atoms with E-state index in [-0.39, 0.29) is 6.04 Å². The molecule has 3 heterocycles. The number of hydrogen-bond acceptors (Lipinski definition) is 5. The summed E-state index contributed by atoms with van der Waals surface area (Å²) in [6.45, 7) is 1.79. The number of nitrogens with two attached hydrogens (primary N) is 1. The molecule has 3 rings (SSSR count). The number of rotatable bonds is 1. The van der Waals surface area contributed by atoms with Crippen LogP contribution in [0.3, 0.4) is 0 Å². The zero-order valence-electron chi connectivity index (χ0n) is 8.24. The maximum Gasteiger partial charge on any atom is 0.203 e. The zero-order valence-corrected chi connectivity index (χ0v) is 8.24. The normalized spacial score (nSPS) is 21.4. The van der Waals surface area contributed by atoms with Gasteiger partial charge in [-0.25, -0.2) is 4.98 Å². The third kappa shape index (κ3) is 1.33. The Morgan fingerprint density at radius 1 is 1.47 bits per heavy atom. The van der Waals surface area contributed by atoms with Crippen molar-refractivity contribution in [2.75, 3.05) is 18.0 Å². The predicted octanol–water partition coefficient (Wildman–Crippen LogP) is -0.338. The molecule has 0 aromatic carbocycles. The minimum atomic E-state index is 0.245. The minimum absolute atomic E-state index is 0.245. The third-order valence-electron chi connectivity index (χ3n) is 2.72. The van der Waals surface area contributed by atoms with E-state index in [9.17, 15) is 0 Å². The van der Waals surface area contributed by atoms with Gasteiger partial charge < -0.3 is 10.6 Å². The van der Waals surface area contributed by atoms with Gasteiger partial charge in [0.25, 0.3) is 0 Å². The lowest BCUT2D eigenvalue weighted by atomic mass is 10.3. The molecule has 1 fully saturated rings. The molecule has 0 saturated carbocycles. The summed E-state index contributed by atoms with van der Waals surface area (Å²) < 4.78 is 1.87.